The average molecular weight is 307 g/mol. The van der Waals surface area contributed by atoms with Crippen molar-refractivity contribution >= 4 is 22.6 Å². The summed E-state index contributed by atoms with van der Waals surface area (Å²) in [6.45, 7) is 1.68. The van der Waals surface area contributed by atoms with Crippen LogP contribution in [0.5, 0.6) is 6.01 Å². The van der Waals surface area contributed by atoms with Crippen molar-refractivity contribution in [3.05, 3.63) is 16.0 Å². The minimum Gasteiger partial charge on any atom is -0.463 e. The van der Waals surface area contributed by atoms with Crippen molar-refractivity contribution in [3.63, 3.8) is 0 Å². The van der Waals surface area contributed by atoms with E-state index in [2.05, 4.69) is 37.5 Å². The van der Waals surface area contributed by atoms with Crippen LogP contribution in [0.4, 0.5) is 0 Å². The average Bonchev–Trinajstić information content (AvgIpc) is 2.15. The van der Waals surface area contributed by atoms with Gasteiger partial charge in [-0.15, -0.1) is 0 Å². The van der Waals surface area contributed by atoms with Crippen LogP contribution in [0, 0.1) is 3.57 Å². The van der Waals surface area contributed by atoms with E-state index in [4.69, 9.17) is 4.74 Å². The first-order valence-electron chi connectivity index (χ1n) is 4.43. The second kappa shape index (κ2) is 6.13. The third kappa shape index (κ3) is 4.71. The maximum Gasteiger partial charge on any atom is 0.316 e. The molecule has 0 aliphatic rings. The summed E-state index contributed by atoms with van der Waals surface area (Å²) in [6.07, 6.45) is 4.48. The number of hydrogen-bond donors (Lipinski definition) is 0. The predicted octanol–water partition coefficient (Wildman–Crippen LogP) is 1.41. The van der Waals surface area contributed by atoms with Crippen molar-refractivity contribution in [1.29, 1.82) is 0 Å². The van der Waals surface area contributed by atoms with Crippen molar-refractivity contribution in [1.82, 2.24) is 14.9 Å². The first kappa shape index (κ1) is 11.6. The molecule has 0 unspecified atom stereocenters. The third-order valence-corrected chi connectivity index (χ3v) is 2.13. The van der Waals surface area contributed by atoms with Gasteiger partial charge in [0.2, 0.25) is 0 Å². The lowest BCUT2D eigenvalue weighted by atomic mass is 10.4. The molecular weight excluding hydrogens is 293 g/mol. The summed E-state index contributed by atoms with van der Waals surface area (Å²) < 4.78 is 6.38. The van der Waals surface area contributed by atoms with Gasteiger partial charge < -0.3 is 9.64 Å². The molecule has 0 amide bonds. The number of halogens is 1. The molecule has 0 N–H and O–H groups in total. The molecule has 0 aliphatic carbocycles. The molecule has 4 nitrogen and oxygen atoms in total. The van der Waals surface area contributed by atoms with Crippen LogP contribution >= 0.6 is 22.6 Å². The quantitative estimate of drug-likeness (QED) is 0.609. The number of hydrogen-bond acceptors (Lipinski definition) is 4. The smallest absolute Gasteiger partial charge is 0.316 e. The van der Waals surface area contributed by atoms with Crippen LogP contribution < -0.4 is 4.74 Å². The Morgan fingerprint density at radius 3 is 2.57 bits per heavy atom. The van der Waals surface area contributed by atoms with E-state index in [1.165, 1.54) is 0 Å². The fourth-order valence-electron chi connectivity index (χ4n) is 0.919. The minimum absolute atomic E-state index is 0.462. The predicted molar refractivity (Wildman–Crippen MR) is 63.4 cm³/mol. The highest BCUT2D eigenvalue weighted by atomic mass is 127. The van der Waals surface area contributed by atoms with Gasteiger partial charge in [0, 0.05) is 22.5 Å². The highest BCUT2D eigenvalue weighted by Crippen LogP contribution is 2.04. The van der Waals surface area contributed by atoms with Crippen LogP contribution in [0.15, 0.2) is 12.4 Å². The molecule has 0 atom stereocenters. The third-order valence-electron chi connectivity index (χ3n) is 1.58. The zero-order valence-electron chi connectivity index (χ0n) is 8.40. The lowest BCUT2D eigenvalue weighted by molar-refractivity contribution is 0.263. The van der Waals surface area contributed by atoms with Crippen LogP contribution in [-0.2, 0) is 0 Å². The molecule has 0 saturated carbocycles. The number of aromatic nitrogens is 2. The molecule has 78 valence electrons. The summed E-state index contributed by atoms with van der Waals surface area (Å²) in [5, 5.41) is 0. The monoisotopic (exact) mass is 307 g/mol. The maximum absolute atomic E-state index is 5.36. The normalized spacial score (nSPS) is 10.6. The summed E-state index contributed by atoms with van der Waals surface area (Å²) in [6, 6.07) is 0.462. The van der Waals surface area contributed by atoms with E-state index in [9.17, 15) is 0 Å². The van der Waals surface area contributed by atoms with Gasteiger partial charge in [-0.2, -0.15) is 0 Å². The van der Waals surface area contributed by atoms with E-state index in [0.29, 0.717) is 12.6 Å². The molecule has 0 aromatic carbocycles. The van der Waals surface area contributed by atoms with Crippen molar-refractivity contribution in [2.24, 2.45) is 0 Å². The molecule has 0 aliphatic heterocycles. The fourth-order valence-corrected chi connectivity index (χ4v) is 1.20. The largest absolute Gasteiger partial charge is 0.463 e. The van der Waals surface area contributed by atoms with E-state index in [1.807, 2.05) is 14.1 Å². The van der Waals surface area contributed by atoms with Crippen molar-refractivity contribution in [2.45, 2.75) is 6.42 Å². The molecule has 0 bridgehead atoms. The summed E-state index contributed by atoms with van der Waals surface area (Å²) in [5.74, 6) is 0. The van der Waals surface area contributed by atoms with Gasteiger partial charge in [0.25, 0.3) is 0 Å². The van der Waals surface area contributed by atoms with Gasteiger partial charge in [0.05, 0.1) is 6.61 Å². The fraction of sp³-hybridized carbons (Fsp3) is 0.556. The summed E-state index contributed by atoms with van der Waals surface area (Å²) in [5.41, 5.74) is 0. The van der Waals surface area contributed by atoms with Gasteiger partial charge in [0.1, 0.15) is 0 Å². The zero-order valence-corrected chi connectivity index (χ0v) is 10.6. The Kier molecular flexibility index (Phi) is 5.10. The summed E-state index contributed by atoms with van der Waals surface area (Å²) in [4.78, 5) is 10.2. The molecule has 1 heterocycles. The first-order chi connectivity index (χ1) is 6.68. The van der Waals surface area contributed by atoms with E-state index in [-0.39, 0.29) is 0 Å². The molecule has 0 radical (unpaired) electrons. The van der Waals surface area contributed by atoms with Gasteiger partial charge in [0.15, 0.2) is 0 Å². The van der Waals surface area contributed by atoms with Gasteiger partial charge in [-0.25, -0.2) is 9.97 Å². The zero-order chi connectivity index (χ0) is 10.4. The number of rotatable bonds is 5. The molecule has 1 aromatic rings. The van der Waals surface area contributed by atoms with Crippen LogP contribution in [0.1, 0.15) is 6.42 Å². The Labute approximate surface area is 97.8 Å². The highest BCUT2D eigenvalue weighted by Gasteiger charge is 1.97. The Bertz CT molecular complexity index is 263. The van der Waals surface area contributed by atoms with E-state index in [0.717, 1.165) is 16.5 Å². The van der Waals surface area contributed by atoms with Crippen LogP contribution in [0.3, 0.4) is 0 Å². The lowest BCUT2D eigenvalue weighted by Gasteiger charge is -2.08. The molecule has 14 heavy (non-hydrogen) atoms. The molecular formula is C9H14IN3O. The molecule has 0 spiro atoms. The van der Waals surface area contributed by atoms with Crippen LogP contribution in [0.2, 0.25) is 0 Å². The van der Waals surface area contributed by atoms with Crippen LogP contribution in [0.25, 0.3) is 0 Å². The van der Waals surface area contributed by atoms with Crippen molar-refractivity contribution < 1.29 is 4.74 Å². The SMILES string of the molecule is CN(C)CCCOc1ncc(I)cn1. The minimum atomic E-state index is 0.462. The van der Waals surface area contributed by atoms with E-state index in [1.54, 1.807) is 12.4 Å². The molecule has 5 heteroatoms. The second-order valence-electron chi connectivity index (χ2n) is 3.19. The van der Waals surface area contributed by atoms with Gasteiger partial charge in [-0.1, -0.05) is 0 Å². The first-order valence-corrected chi connectivity index (χ1v) is 5.51. The van der Waals surface area contributed by atoms with E-state index >= 15 is 0 Å². The Morgan fingerprint density at radius 2 is 2.00 bits per heavy atom. The van der Waals surface area contributed by atoms with Crippen LogP contribution in [-0.4, -0.2) is 42.1 Å². The standard InChI is InChI=1S/C9H14IN3O/c1-13(2)4-3-5-14-9-11-6-8(10)7-12-9/h6-7H,3-5H2,1-2H3. The maximum atomic E-state index is 5.36. The molecule has 1 rings (SSSR count). The van der Waals surface area contributed by atoms with E-state index < -0.39 is 0 Å². The number of nitrogens with zero attached hydrogens (tertiary/aromatic N) is 3. The Balaban J connectivity index is 2.21. The lowest BCUT2D eigenvalue weighted by Crippen LogP contribution is -2.15. The summed E-state index contributed by atoms with van der Waals surface area (Å²) in [7, 11) is 4.09. The molecule has 1 aromatic heterocycles. The number of ether oxygens (including phenoxy) is 1. The second-order valence-corrected chi connectivity index (χ2v) is 4.43. The van der Waals surface area contributed by atoms with Crippen molar-refractivity contribution in [2.75, 3.05) is 27.2 Å². The van der Waals surface area contributed by atoms with Crippen molar-refractivity contribution in [3.8, 4) is 6.01 Å². The Morgan fingerprint density at radius 1 is 1.36 bits per heavy atom. The Hall–Kier alpha value is -0.430. The summed E-state index contributed by atoms with van der Waals surface area (Å²) >= 11 is 2.16. The van der Waals surface area contributed by atoms with Gasteiger partial charge >= 0.3 is 6.01 Å². The highest BCUT2D eigenvalue weighted by molar-refractivity contribution is 14.1. The van der Waals surface area contributed by atoms with Gasteiger partial charge in [-0.05, 0) is 43.1 Å². The molecule has 0 fully saturated rings. The van der Waals surface area contributed by atoms with Gasteiger partial charge in [-0.3, -0.25) is 0 Å². The molecule has 0 saturated heterocycles. The topological polar surface area (TPSA) is 38.2 Å².